The van der Waals surface area contributed by atoms with E-state index in [-0.39, 0.29) is 19.5 Å². The van der Waals surface area contributed by atoms with Gasteiger partial charge < -0.3 is 21.4 Å². The molecule has 2 bridgehead atoms. The highest BCUT2D eigenvalue weighted by Crippen LogP contribution is 2.45. The quantitative estimate of drug-likeness (QED) is 0.278. The fourth-order valence-corrected chi connectivity index (χ4v) is 6.06. The first kappa shape index (κ1) is 22.7. The molecule has 4 heteroatoms. The molecule has 0 aromatic heterocycles. The van der Waals surface area contributed by atoms with Gasteiger partial charge in [-0.3, -0.25) is 4.79 Å². The van der Waals surface area contributed by atoms with Crippen molar-refractivity contribution in [2.75, 3.05) is 26.2 Å². The summed E-state index contributed by atoms with van der Waals surface area (Å²) in [6.45, 7) is 4.46. The average molecular weight is 456 g/mol. The molecule has 4 aliphatic heterocycles. The van der Waals surface area contributed by atoms with Crippen LogP contribution in [0.5, 0.6) is 11.5 Å². The molecule has 176 valence electrons. The van der Waals surface area contributed by atoms with Gasteiger partial charge in [0.1, 0.15) is 24.0 Å². The number of carbonyl (C=O) groups excluding carboxylic acids is 1. The Bertz CT molecular complexity index is 1100. The first-order chi connectivity index (χ1) is 16.2. The minimum atomic E-state index is -0.431. The third-order valence-corrected chi connectivity index (χ3v) is 7.94. The van der Waals surface area contributed by atoms with Crippen molar-refractivity contribution in [1.82, 2.24) is 0 Å². The van der Waals surface area contributed by atoms with Crippen LogP contribution in [0.2, 0.25) is 0 Å². The van der Waals surface area contributed by atoms with Crippen LogP contribution in [0.4, 0.5) is 0 Å². The molecule has 1 unspecified atom stereocenters. The molecule has 34 heavy (non-hydrogen) atoms. The number of ether oxygens (including phenoxy) is 2. The third-order valence-electron chi connectivity index (χ3n) is 7.94. The average Bonchev–Trinajstić information content (AvgIpc) is 2.87. The van der Waals surface area contributed by atoms with Gasteiger partial charge in [-0.2, -0.15) is 0 Å². The van der Waals surface area contributed by atoms with Crippen LogP contribution >= 0.6 is 0 Å². The van der Waals surface area contributed by atoms with E-state index in [1.165, 1.54) is 18.7 Å². The molecule has 3 saturated heterocycles. The number of carbonyl (C=O) groups is 1. The topological polar surface area (TPSA) is 35.5 Å². The van der Waals surface area contributed by atoms with Crippen LogP contribution < -0.4 is 4.74 Å². The van der Waals surface area contributed by atoms with Crippen molar-refractivity contribution >= 4 is 5.97 Å². The number of fused-ring (bicyclic) bond motifs is 5. The second-order valence-electron chi connectivity index (χ2n) is 9.85. The molecule has 4 aliphatic rings. The van der Waals surface area contributed by atoms with Crippen LogP contribution in [0, 0.1) is 13.3 Å². The molecule has 0 N–H and O–H groups in total. The Morgan fingerprint density at radius 3 is 2.09 bits per heavy atom. The highest BCUT2D eigenvalue weighted by Gasteiger charge is 2.48. The van der Waals surface area contributed by atoms with Gasteiger partial charge in [-0.1, -0.05) is 66.7 Å². The summed E-state index contributed by atoms with van der Waals surface area (Å²) in [5.74, 6) is 1.41. The molecule has 0 amide bonds. The molecule has 4 heterocycles. The molecular weight excluding hydrogens is 422 g/mol. The number of hydrogen-bond donors (Lipinski definition) is 0. The van der Waals surface area contributed by atoms with Gasteiger partial charge >= 0.3 is 5.97 Å². The zero-order valence-corrected chi connectivity index (χ0v) is 19.9. The lowest BCUT2D eigenvalue weighted by Crippen LogP contribution is -2.65. The predicted molar refractivity (Wildman–Crippen MR) is 134 cm³/mol. The Labute approximate surface area is 202 Å². The smallest absolute Gasteiger partial charge is 0.318 e. The van der Waals surface area contributed by atoms with Crippen LogP contribution in [-0.2, 0) is 16.0 Å². The van der Waals surface area contributed by atoms with E-state index in [1.54, 1.807) is 0 Å². The fraction of sp³-hybridized carbons (Fsp3) is 0.333. The van der Waals surface area contributed by atoms with E-state index >= 15 is 0 Å². The highest BCUT2D eigenvalue weighted by molar-refractivity contribution is 5.85. The van der Waals surface area contributed by atoms with Gasteiger partial charge in [0.25, 0.3) is 0 Å². The molecule has 3 aromatic carbocycles. The summed E-state index contributed by atoms with van der Waals surface area (Å²) < 4.78 is 13.5. The van der Waals surface area contributed by atoms with Gasteiger partial charge in [0.15, 0.2) is 6.10 Å². The summed E-state index contributed by atoms with van der Waals surface area (Å²) >= 11 is 0. The van der Waals surface area contributed by atoms with Gasteiger partial charge in [0.2, 0.25) is 0 Å². The van der Waals surface area contributed by atoms with Gasteiger partial charge in [-0.25, -0.2) is 0 Å². The lowest BCUT2D eigenvalue weighted by atomic mass is 9.82. The van der Waals surface area contributed by atoms with Crippen molar-refractivity contribution in [3.05, 3.63) is 103 Å². The molecular formula is C30H33NO3. The molecule has 1 atom stereocenters. The second-order valence-corrected chi connectivity index (χ2v) is 9.85. The summed E-state index contributed by atoms with van der Waals surface area (Å²) in [7, 11) is 0. The summed E-state index contributed by atoms with van der Waals surface area (Å²) in [5.41, 5.74) is 3.19. The first-order valence-corrected chi connectivity index (χ1v) is 12.2. The van der Waals surface area contributed by atoms with E-state index in [4.69, 9.17) is 9.47 Å². The molecule has 3 aromatic rings. The number of rotatable bonds is 5. The monoisotopic (exact) mass is 455 g/mol. The maximum Gasteiger partial charge on any atom is 0.318 e. The Morgan fingerprint density at radius 1 is 0.853 bits per heavy atom. The minimum absolute atomic E-state index is 0. The zero-order valence-electron chi connectivity index (χ0n) is 19.9. The number of piperidine rings is 3. The lowest BCUT2D eigenvalue weighted by Gasteiger charge is -2.52. The van der Waals surface area contributed by atoms with Crippen LogP contribution in [0.15, 0.2) is 78.9 Å². The lowest BCUT2D eigenvalue weighted by molar-refractivity contribution is -0.946. The van der Waals surface area contributed by atoms with Gasteiger partial charge in [0, 0.05) is 36.3 Å². The predicted octanol–water partition coefficient (Wildman–Crippen LogP) is 5.77. The van der Waals surface area contributed by atoms with E-state index in [2.05, 4.69) is 30.3 Å². The molecule has 3 fully saturated rings. The summed E-state index contributed by atoms with van der Waals surface area (Å²) in [5, 5.41) is 0. The van der Waals surface area contributed by atoms with Crippen molar-refractivity contribution in [3.63, 3.8) is 0 Å². The Morgan fingerprint density at radius 2 is 1.44 bits per heavy atom. The van der Waals surface area contributed by atoms with E-state index in [1.807, 2.05) is 48.5 Å². The molecule has 7 rings (SSSR count). The first-order valence-electron chi connectivity index (χ1n) is 12.2. The van der Waals surface area contributed by atoms with Crippen molar-refractivity contribution in [1.29, 1.82) is 0 Å². The van der Waals surface area contributed by atoms with Crippen LogP contribution in [0.25, 0.3) is 0 Å². The van der Waals surface area contributed by atoms with Crippen molar-refractivity contribution in [2.45, 2.75) is 31.3 Å². The number of hydrogen-bond acceptors (Lipinski definition) is 3. The van der Waals surface area contributed by atoms with Crippen LogP contribution in [-0.4, -0.2) is 42.7 Å². The maximum absolute atomic E-state index is 13.7. The highest BCUT2D eigenvalue weighted by atomic mass is 16.5. The Hall–Kier alpha value is -3.11. The fourth-order valence-electron chi connectivity index (χ4n) is 6.06. The van der Waals surface area contributed by atoms with E-state index in [0.717, 1.165) is 59.5 Å². The van der Waals surface area contributed by atoms with Gasteiger partial charge in [-0.05, 0) is 17.7 Å². The maximum atomic E-state index is 13.7. The van der Waals surface area contributed by atoms with Gasteiger partial charge in [0.05, 0.1) is 19.6 Å². The number of nitrogens with zero attached hydrogens (tertiary/aromatic N) is 1. The summed E-state index contributed by atoms with van der Waals surface area (Å²) in [4.78, 5) is 13.7. The number of esters is 1. The van der Waals surface area contributed by atoms with E-state index in [0.29, 0.717) is 5.92 Å². The second kappa shape index (κ2) is 9.27. The van der Waals surface area contributed by atoms with Crippen molar-refractivity contribution < 1.29 is 18.8 Å². The van der Waals surface area contributed by atoms with Crippen LogP contribution in [0.1, 0.15) is 35.4 Å². The zero-order chi connectivity index (χ0) is 22.3. The number of para-hydroxylation sites is 2. The van der Waals surface area contributed by atoms with Crippen LogP contribution in [0.3, 0.4) is 0 Å². The molecule has 0 aliphatic carbocycles. The summed E-state index contributed by atoms with van der Waals surface area (Å²) in [6.07, 6.45) is 3.37. The Kier molecular flexibility index (Phi) is 6.18. The standard InChI is InChI=1S/C29H30NO3.CH3/c31-29(28-23-10-4-6-12-25(23)32-26-13-7-5-11-24(26)28)33-27-20-30(18-15-22(27)16-19-30)17-14-21-8-2-1-3-9-21;/h1-13,22,27-28H,14-20H2;1H3/q+1;-1. The SMILES string of the molecule is O=C(OC1C[N+]2(CCc3ccccc3)CCC1CC2)C1c2ccccc2Oc2ccccc21.[CH3-]. The minimum Gasteiger partial charge on any atom is -0.457 e. The normalized spacial score (nSPS) is 24.8. The molecule has 0 spiro atoms. The van der Waals surface area contributed by atoms with E-state index < -0.39 is 5.92 Å². The Balaban J connectivity index is 0.00000241. The number of benzene rings is 3. The third kappa shape index (κ3) is 4.12. The van der Waals surface area contributed by atoms with E-state index in [9.17, 15) is 4.79 Å². The van der Waals surface area contributed by atoms with Gasteiger partial charge in [-0.15, -0.1) is 0 Å². The van der Waals surface area contributed by atoms with Crippen molar-refractivity contribution in [3.8, 4) is 11.5 Å². The molecule has 4 nitrogen and oxygen atoms in total. The molecule has 0 saturated carbocycles. The molecule has 0 radical (unpaired) electrons. The summed E-state index contributed by atoms with van der Waals surface area (Å²) in [6, 6.07) is 26.4. The van der Waals surface area contributed by atoms with Crippen molar-refractivity contribution in [2.24, 2.45) is 5.92 Å². The largest absolute Gasteiger partial charge is 0.457 e. The number of quaternary nitrogens is 1.